The van der Waals surface area contributed by atoms with Crippen molar-refractivity contribution >= 4 is 11.8 Å². The minimum Gasteiger partial charge on any atom is -0.493 e. The lowest BCUT2D eigenvalue weighted by atomic mass is 9.73. The van der Waals surface area contributed by atoms with Crippen LogP contribution in [-0.4, -0.2) is 61.8 Å². The van der Waals surface area contributed by atoms with Crippen molar-refractivity contribution < 1.29 is 28.5 Å². The number of rotatable bonds is 4. The van der Waals surface area contributed by atoms with Crippen molar-refractivity contribution in [3.8, 4) is 23.0 Å². The number of nitrogens with zero attached hydrogens (tertiary/aromatic N) is 2. The normalized spacial score (nSPS) is 25.0. The van der Waals surface area contributed by atoms with Gasteiger partial charge in [0.25, 0.3) is 5.91 Å². The Hall–Kier alpha value is -3.42. The van der Waals surface area contributed by atoms with Crippen LogP contribution in [0.5, 0.6) is 23.0 Å². The third kappa shape index (κ3) is 2.76. The fourth-order valence-electron chi connectivity index (χ4n) is 5.91. The van der Waals surface area contributed by atoms with E-state index in [2.05, 4.69) is 0 Å². The Balaban J connectivity index is 1.55. The number of hydrogen-bond donors (Lipinski definition) is 0. The molecule has 4 aliphatic heterocycles. The molecule has 8 heteroatoms. The van der Waals surface area contributed by atoms with Gasteiger partial charge in [0.05, 0.1) is 14.2 Å². The molecule has 2 saturated heterocycles. The highest BCUT2D eigenvalue weighted by Gasteiger charge is 2.60. The second-order valence-electron chi connectivity index (χ2n) is 8.99. The van der Waals surface area contributed by atoms with Crippen LogP contribution in [0, 0.1) is 0 Å². The number of piperazine rings is 1. The molecule has 33 heavy (non-hydrogen) atoms. The van der Waals surface area contributed by atoms with Crippen molar-refractivity contribution in [2.45, 2.75) is 37.3 Å². The van der Waals surface area contributed by atoms with Crippen LogP contribution >= 0.6 is 0 Å². The molecule has 172 valence electrons. The molecule has 2 aromatic rings. The molecule has 4 aliphatic rings. The summed E-state index contributed by atoms with van der Waals surface area (Å²) in [5, 5.41) is 0. The Morgan fingerprint density at radius 1 is 1.03 bits per heavy atom. The summed E-state index contributed by atoms with van der Waals surface area (Å²) < 4.78 is 22.2. The van der Waals surface area contributed by atoms with Gasteiger partial charge in [0, 0.05) is 19.5 Å². The molecule has 8 nitrogen and oxygen atoms in total. The molecule has 6 rings (SSSR count). The van der Waals surface area contributed by atoms with Crippen LogP contribution in [0.1, 0.15) is 29.5 Å². The number of methoxy groups -OCH3 is 2. The van der Waals surface area contributed by atoms with Crippen molar-refractivity contribution in [3.63, 3.8) is 0 Å². The van der Waals surface area contributed by atoms with Crippen LogP contribution in [0.3, 0.4) is 0 Å². The van der Waals surface area contributed by atoms with Gasteiger partial charge in [0.1, 0.15) is 6.04 Å². The first-order valence-electron chi connectivity index (χ1n) is 11.3. The summed E-state index contributed by atoms with van der Waals surface area (Å²) in [6, 6.07) is 9.20. The molecule has 0 N–H and O–H groups in total. The Bertz CT molecular complexity index is 1160. The van der Waals surface area contributed by atoms with Gasteiger partial charge in [-0.05, 0) is 60.2 Å². The zero-order valence-electron chi connectivity index (χ0n) is 18.8. The minimum absolute atomic E-state index is 0.0181. The van der Waals surface area contributed by atoms with Crippen LogP contribution < -0.4 is 18.9 Å². The number of amides is 2. The van der Waals surface area contributed by atoms with E-state index < -0.39 is 5.54 Å². The van der Waals surface area contributed by atoms with E-state index in [1.165, 1.54) is 0 Å². The number of benzene rings is 2. The fourth-order valence-corrected chi connectivity index (χ4v) is 5.91. The summed E-state index contributed by atoms with van der Waals surface area (Å²) in [6.45, 7) is 1.28. The number of fused-ring (bicyclic) bond motifs is 5. The average molecular weight is 450 g/mol. The minimum atomic E-state index is -1.14. The van der Waals surface area contributed by atoms with E-state index in [9.17, 15) is 9.59 Å². The number of carbonyl (C=O) groups excluding carboxylic acids is 2. The van der Waals surface area contributed by atoms with E-state index in [-0.39, 0.29) is 24.6 Å². The molecular weight excluding hydrogens is 424 g/mol. The molecule has 2 amide bonds. The molecule has 1 unspecified atom stereocenters. The number of hydrogen-bond acceptors (Lipinski definition) is 6. The zero-order valence-corrected chi connectivity index (χ0v) is 18.8. The van der Waals surface area contributed by atoms with Crippen molar-refractivity contribution in [1.29, 1.82) is 0 Å². The van der Waals surface area contributed by atoms with Gasteiger partial charge in [-0.15, -0.1) is 0 Å². The maximum absolute atomic E-state index is 14.3. The predicted octanol–water partition coefficient (Wildman–Crippen LogP) is 2.26. The summed E-state index contributed by atoms with van der Waals surface area (Å²) in [5.74, 6) is 2.54. The second-order valence-corrected chi connectivity index (χ2v) is 8.99. The lowest BCUT2D eigenvalue weighted by molar-refractivity contribution is -0.170. The van der Waals surface area contributed by atoms with Gasteiger partial charge in [-0.2, -0.15) is 0 Å². The van der Waals surface area contributed by atoms with Gasteiger partial charge in [-0.3, -0.25) is 9.59 Å². The smallest absolute Gasteiger partial charge is 0.254 e. The third-order valence-corrected chi connectivity index (χ3v) is 7.44. The Morgan fingerprint density at radius 2 is 1.82 bits per heavy atom. The molecule has 2 aromatic carbocycles. The van der Waals surface area contributed by atoms with Gasteiger partial charge in [-0.25, -0.2) is 0 Å². The predicted molar refractivity (Wildman–Crippen MR) is 118 cm³/mol. The first-order chi connectivity index (χ1) is 16.1. The Kier molecular flexibility index (Phi) is 4.47. The molecule has 2 fully saturated rings. The maximum atomic E-state index is 14.3. The van der Waals surface area contributed by atoms with Crippen LogP contribution in [0.4, 0.5) is 0 Å². The quantitative estimate of drug-likeness (QED) is 0.711. The maximum Gasteiger partial charge on any atom is 0.254 e. The molecule has 2 atom stereocenters. The Morgan fingerprint density at radius 3 is 2.64 bits per heavy atom. The summed E-state index contributed by atoms with van der Waals surface area (Å²) in [5.41, 5.74) is 1.58. The van der Waals surface area contributed by atoms with E-state index in [0.29, 0.717) is 48.9 Å². The van der Waals surface area contributed by atoms with Crippen LogP contribution in [-0.2, 0) is 28.0 Å². The first kappa shape index (κ1) is 20.2. The highest BCUT2D eigenvalue weighted by molar-refractivity contribution is 6.02. The van der Waals surface area contributed by atoms with E-state index >= 15 is 0 Å². The summed E-state index contributed by atoms with van der Waals surface area (Å²) in [7, 11) is 3.19. The van der Waals surface area contributed by atoms with E-state index in [1.54, 1.807) is 19.1 Å². The summed E-state index contributed by atoms with van der Waals surface area (Å²) in [6.07, 6.45) is 2.57. The first-order valence-corrected chi connectivity index (χ1v) is 11.3. The van der Waals surface area contributed by atoms with Crippen molar-refractivity contribution in [2.75, 3.05) is 34.1 Å². The van der Waals surface area contributed by atoms with Gasteiger partial charge < -0.3 is 28.7 Å². The van der Waals surface area contributed by atoms with Crippen LogP contribution in [0.25, 0.3) is 0 Å². The van der Waals surface area contributed by atoms with E-state index in [0.717, 1.165) is 29.5 Å². The Labute approximate surface area is 192 Å². The van der Waals surface area contributed by atoms with Crippen molar-refractivity contribution in [2.24, 2.45) is 0 Å². The highest BCUT2D eigenvalue weighted by atomic mass is 16.7. The van der Waals surface area contributed by atoms with Crippen LogP contribution in [0.15, 0.2) is 30.3 Å². The molecule has 0 aromatic heterocycles. The highest BCUT2D eigenvalue weighted by Crippen LogP contribution is 2.48. The van der Waals surface area contributed by atoms with E-state index in [4.69, 9.17) is 18.9 Å². The van der Waals surface area contributed by atoms with Crippen molar-refractivity contribution in [1.82, 2.24) is 9.80 Å². The lowest BCUT2D eigenvalue weighted by Gasteiger charge is -2.53. The topological polar surface area (TPSA) is 77.5 Å². The standard InChI is InChI=1S/C25H26N2O6/c1-30-20-11-16-7-9-27-23(28)18-4-3-8-26(18)24(29)25(27,17(16)12-21(20)31-2)13-15-5-6-19-22(10-15)33-14-32-19/h5-6,10-12,18H,3-4,7-9,13-14H2,1-2H3/t18-,25?/m0/s1. The molecule has 0 saturated carbocycles. The lowest BCUT2D eigenvalue weighted by Crippen LogP contribution is -2.70. The number of carbonyl (C=O) groups is 2. The molecular formula is C25H26N2O6. The largest absolute Gasteiger partial charge is 0.493 e. The molecule has 0 radical (unpaired) electrons. The molecule has 0 spiro atoms. The van der Waals surface area contributed by atoms with Gasteiger partial charge in [0.2, 0.25) is 12.7 Å². The molecule has 0 bridgehead atoms. The van der Waals surface area contributed by atoms with Gasteiger partial charge >= 0.3 is 0 Å². The molecule has 0 aliphatic carbocycles. The van der Waals surface area contributed by atoms with E-state index in [1.807, 2.05) is 35.2 Å². The summed E-state index contributed by atoms with van der Waals surface area (Å²) in [4.78, 5) is 31.6. The van der Waals surface area contributed by atoms with Gasteiger partial charge in [-0.1, -0.05) is 6.07 Å². The number of ether oxygens (including phenoxy) is 4. The second kappa shape index (κ2) is 7.30. The van der Waals surface area contributed by atoms with Gasteiger partial charge in [0.15, 0.2) is 28.5 Å². The van der Waals surface area contributed by atoms with Crippen LogP contribution in [0.2, 0.25) is 0 Å². The summed E-state index contributed by atoms with van der Waals surface area (Å²) >= 11 is 0. The fraction of sp³-hybridized carbons (Fsp3) is 0.440. The molecule has 4 heterocycles. The third-order valence-electron chi connectivity index (χ3n) is 7.44. The average Bonchev–Trinajstić information content (AvgIpc) is 3.51. The SMILES string of the molecule is COc1cc2c(cc1OC)C1(Cc3ccc4c(c3)OCO4)C(=O)N3CCC[C@H]3C(=O)N1CC2. The van der Waals surface area contributed by atoms with Crippen molar-refractivity contribution in [3.05, 3.63) is 47.0 Å². The zero-order chi connectivity index (χ0) is 22.7. The monoisotopic (exact) mass is 450 g/mol.